The zero-order valence-electron chi connectivity index (χ0n) is 13.0. The molecule has 0 atom stereocenters. The second-order valence-electron chi connectivity index (χ2n) is 5.17. The molecule has 3 aromatic rings. The van der Waals surface area contributed by atoms with Crippen LogP contribution in [-0.2, 0) is 0 Å². The number of anilines is 1. The Morgan fingerprint density at radius 3 is 2.32 bits per heavy atom. The summed E-state index contributed by atoms with van der Waals surface area (Å²) in [5, 5.41) is 6.68. The third-order valence-electron chi connectivity index (χ3n) is 3.47. The molecular formula is C18H14N4O3. The molecular weight excluding hydrogens is 320 g/mol. The Bertz CT molecular complexity index is 996. The first-order chi connectivity index (χ1) is 12.1. The summed E-state index contributed by atoms with van der Waals surface area (Å²) in [6, 6.07) is 17.7. The second kappa shape index (κ2) is 6.79. The SMILES string of the molecule is NC(=O)c1ccccc1NC(=O)c1ccc(=O)n(-c2ccccc2)n1. The predicted molar refractivity (Wildman–Crippen MR) is 92.7 cm³/mol. The molecule has 0 spiro atoms. The summed E-state index contributed by atoms with van der Waals surface area (Å²) in [7, 11) is 0. The zero-order chi connectivity index (χ0) is 17.8. The number of nitrogens with zero attached hydrogens (tertiary/aromatic N) is 2. The number of primary amides is 1. The molecule has 0 fully saturated rings. The molecule has 7 heteroatoms. The van der Waals surface area contributed by atoms with Gasteiger partial charge in [-0.25, -0.2) is 0 Å². The van der Waals surface area contributed by atoms with Gasteiger partial charge in [0.2, 0.25) is 0 Å². The monoisotopic (exact) mass is 334 g/mol. The first-order valence-corrected chi connectivity index (χ1v) is 7.42. The largest absolute Gasteiger partial charge is 0.366 e. The molecule has 1 heterocycles. The van der Waals surface area contributed by atoms with E-state index in [0.29, 0.717) is 5.69 Å². The van der Waals surface area contributed by atoms with Crippen LogP contribution in [0.25, 0.3) is 5.69 Å². The van der Waals surface area contributed by atoms with Gasteiger partial charge in [-0.3, -0.25) is 14.4 Å². The fraction of sp³-hybridized carbons (Fsp3) is 0. The second-order valence-corrected chi connectivity index (χ2v) is 5.17. The van der Waals surface area contributed by atoms with Crippen LogP contribution in [0, 0.1) is 0 Å². The number of carbonyl (C=O) groups is 2. The van der Waals surface area contributed by atoms with E-state index in [1.54, 1.807) is 42.5 Å². The number of amides is 2. The third kappa shape index (κ3) is 3.45. The fourth-order valence-electron chi connectivity index (χ4n) is 2.28. The number of benzene rings is 2. The lowest BCUT2D eigenvalue weighted by molar-refractivity contribution is 0.100. The van der Waals surface area contributed by atoms with E-state index in [-0.39, 0.29) is 22.5 Å². The molecule has 0 bridgehead atoms. The molecule has 0 unspecified atom stereocenters. The van der Waals surface area contributed by atoms with Crippen LogP contribution in [-0.4, -0.2) is 21.6 Å². The Kier molecular flexibility index (Phi) is 4.38. The number of nitrogens with one attached hydrogen (secondary N) is 1. The molecule has 0 aliphatic heterocycles. The molecule has 0 radical (unpaired) electrons. The summed E-state index contributed by atoms with van der Waals surface area (Å²) in [4.78, 5) is 35.9. The minimum Gasteiger partial charge on any atom is -0.366 e. The van der Waals surface area contributed by atoms with E-state index < -0.39 is 11.8 Å². The minimum absolute atomic E-state index is 0.0303. The highest BCUT2D eigenvalue weighted by atomic mass is 16.2. The molecule has 1 aromatic heterocycles. The van der Waals surface area contributed by atoms with E-state index in [2.05, 4.69) is 10.4 Å². The normalized spacial score (nSPS) is 10.2. The Labute approximate surface area is 142 Å². The van der Waals surface area contributed by atoms with Crippen LogP contribution in [0.5, 0.6) is 0 Å². The molecule has 7 nitrogen and oxygen atoms in total. The maximum absolute atomic E-state index is 12.4. The van der Waals surface area contributed by atoms with Crippen LogP contribution in [0.3, 0.4) is 0 Å². The molecule has 25 heavy (non-hydrogen) atoms. The van der Waals surface area contributed by atoms with Crippen molar-refractivity contribution in [2.24, 2.45) is 5.73 Å². The average molecular weight is 334 g/mol. The van der Waals surface area contributed by atoms with E-state index in [4.69, 9.17) is 5.73 Å². The van der Waals surface area contributed by atoms with Crippen molar-refractivity contribution in [1.29, 1.82) is 0 Å². The van der Waals surface area contributed by atoms with Crippen molar-refractivity contribution in [2.75, 3.05) is 5.32 Å². The summed E-state index contributed by atoms with van der Waals surface area (Å²) >= 11 is 0. The van der Waals surface area contributed by atoms with Crippen LogP contribution in [0.1, 0.15) is 20.8 Å². The van der Waals surface area contributed by atoms with Crippen LogP contribution in [0.4, 0.5) is 5.69 Å². The van der Waals surface area contributed by atoms with Gasteiger partial charge in [-0.15, -0.1) is 0 Å². The van der Waals surface area contributed by atoms with Crippen molar-refractivity contribution >= 4 is 17.5 Å². The number of hydrogen-bond acceptors (Lipinski definition) is 4. The molecule has 3 rings (SSSR count). The first-order valence-electron chi connectivity index (χ1n) is 7.42. The van der Waals surface area contributed by atoms with Gasteiger partial charge in [0, 0.05) is 6.07 Å². The maximum Gasteiger partial charge on any atom is 0.276 e. The number of hydrogen-bond donors (Lipinski definition) is 2. The minimum atomic E-state index is -0.655. The van der Waals surface area contributed by atoms with Crippen molar-refractivity contribution in [3.05, 3.63) is 88.3 Å². The lowest BCUT2D eigenvalue weighted by Crippen LogP contribution is -2.25. The Morgan fingerprint density at radius 1 is 0.920 bits per heavy atom. The Balaban J connectivity index is 1.94. The summed E-state index contributed by atoms with van der Waals surface area (Å²) in [6.45, 7) is 0. The molecule has 0 saturated carbocycles. The van der Waals surface area contributed by atoms with Gasteiger partial charge in [0.15, 0.2) is 0 Å². The van der Waals surface area contributed by atoms with Gasteiger partial charge in [-0.05, 0) is 30.3 Å². The quantitative estimate of drug-likeness (QED) is 0.755. The number of para-hydroxylation sites is 2. The summed E-state index contributed by atoms with van der Waals surface area (Å²) < 4.78 is 1.13. The lowest BCUT2D eigenvalue weighted by atomic mass is 10.1. The van der Waals surface area contributed by atoms with E-state index in [9.17, 15) is 14.4 Å². The fourth-order valence-corrected chi connectivity index (χ4v) is 2.28. The summed E-state index contributed by atoms with van der Waals surface area (Å²) in [6.07, 6.45) is 0. The molecule has 0 saturated heterocycles. The highest BCUT2D eigenvalue weighted by Gasteiger charge is 2.14. The topological polar surface area (TPSA) is 107 Å². The van der Waals surface area contributed by atoms with E-state index in [0.717, 1.165) is 4.68 Å². The summed E-state index contributed by atoms with van der Waals surface area (Å²) in [5.41, 5.74) is 5.97. The summed E-state index contributed by atoms with van der Waals surface area (Å²) in [5.74, 6) is -1.21. The molecule has 124 valence electrons. The maximum atomic E-state index is 12.4. The highest BCUT2D eigenvalue weighted by Crippen LogP contribution is 2.15. The number of carbonyl (C=O) groups excluding carboxylic acids is 2. The highest BCUT2D eigenvalue weighted by molar-refractivity contribution is 6.07. The van der Waals surface area contributed by atoms with Gasteiger partial charge in [-0.1, -0.05) is 30.3 Å². The Hall–Kier alpha value is -3.74. The number of rotatable bonds is 4. The molecule has 0 aliphatic carbocycles. The van der Waals surface area contributed by atoms with Gasteiger partial charge in [0.1, 0.15) is 5.69 Å². The van der Waals surface area contributed by atoms with Crippen LogP contribution in [0.15, 0.2) is 71.5 Å². The van der Waals surface area contributed by atoms with Crippen molar-refractivity contribution in [3.63, 3.8) is 0 Å². The zero-order valence-corrected chi connectivity index (χ0v) is 13.0. The van der Waals surface area contributed by atoms with Gasteiger partial charge in [-0.2, -0.15) is 9.78 Å². The van der Waals surface area contributed by atoms with E-state index in [1.807, 2.05) is 6.07 Å². The average Bonchev–Trinajstić information content (AvgIpc) is 2.63. The van der Waals surface area contributed by atoms with E-state index >= 15 is 0 Å². The van der Waals surface area contributed by atoms with Crippen molar-refractivity contribution < 1.29 is 9.59 Å². The number of aromatic nitrogens is 2. The van der Waals surface area contributed by atoms with Crippen molar-refractivity contribution in [3.8, 4) is 5.69 Å². The Morgan fingerprint density at radius 2 is 1.60 bits per heavy atom. The third-order valence-corrected chi connectivity index (χ3v) is 3.47. The molecule has 0 aliphatic rings. The van der Waals surface area contributed by atoms with Gasteiger partial charge in [0.25, 0.3) is 17.4 Å². The van der Waals surface area contributed by atoms with Crippen LogP contribution >= 0.6 is 0 Å². The van der Waals surface area contributed by atoms with Gasteiger partial charge >= 0.3 is 0 Å². The molecule has 3 N–H and O–H groups in total. The van der Waals surface area contributed by atoms with Crippen LogP contribution in [0.2, 0.25) is 0 Å². The standard InChI is InChI=1S/C18H14N4O3/c19-17(24)13-8-4-5-9-14(13)20-18(25)15-10-11-16(23)22(21-15)12-6-2-1-3-7-12/h1-11H,(H2,19,24)(H,20,25). The molecule has 2 aromatic carbocycles. The lowest BCUT2D eigenvalue weighted by Gasteiger charge is -2.10. The van der Waals surface area contributed by atoms with Crippen molar-refractivity contribution in [1.82, 2.24) is 9.78 Å². The number of nitrogens with two attached hydrogens (primary N) is 1. The van der Waals surface area contributed by atoms with Crippen LogP contribution < -0.4 is 16.6 Å². The van der Waals surface area contributed by atoms with Crippen molar-refractivity contribution in [2.45, 2.75) is 0 Å². The van der Waals surface area contributed by atoms with Gasteiger partial charge in [0.05, 0.1) is 16.9 Å². The van der Waals surface area contributed by atoms with Gasteiger partial charge < -0.3 is 11.1 Å². The predicted octanol–water partition coefficient (Wildman–Crippen LogP) is 1.58. The smallest absolute Gasteiger partial charge is 0.276 e. The first kappa shape index (κ1) is 16.1. The molecule has 2 amide bonds. The van der Waals surface area contributed by atoms with E-state index in [1.165, 1.54) is 18.2 Å².